The minimum Gasteiger partial charge on any atom is -0.275 e. The molecule has 0 amide bonds. The first-order valence-electron chi connectivity index (χ1n) is 8.83. The maximum absolute atomic E-state index is 13.6. The fourth-order valence-corrected chi connectivity index (χ4v) is 5.56. The van der Waals surface area contributed by atoms with Gasteiger partial charge < -0.3 is 0 Å². The maximum atomic E-state index is 13.6. The summed E-state index contributed by atoms with van der Waals surface area (Å²) in [5, 5.41) is 0.822. The van der Waals surface area contributed by atoms with Crippen molar-refractivity contribution in [2.24, 2.45) is 0 Å². The van der Waals surface area contributed by atoms with Gasteiger partial charge in [0.15, 0.2) is 8.46 Å². The Morgan fingerprint density at radius 3 is 2.18 bits per heavy atom. The smallest absolute Gasteiger partial charge is 0.268 e. The fraction of sp³-hybridized carbons (Fsp3) is 0.0909. The number of hydrogen-bond donors (Lipinski definition) is 0. The summed E-state index contributed by atoms with van der Waals surface area (Å²) in [7, 11) is -3.98. The zero-order chi connectivity index (χ0) is 19.7. The van der Waals surface area contributed by atoms with Crippen LogP contribution in [0.1, 0.15) is 11.3 Å². The predicted octanol–water partition coefficient (Wildman–Crippen LogP) is 5.65. The van der Waals surface area contributed by atoms with Gasteiger partial charge in [-0.1, -0.05) is 66.2 Å². The van der Waals surface area contributed by atoms with Crippen molar-refractivity contribution in [1.82, 2.24) is 3.97 Å². The van der Waals surface area contributed by atoms with Crippen molar-refractivity contribution < 1.29 is 13.0 Å². The number of aromatic nitrogens is 1. The first-order chi connectivity index (χ1) is 13.5. The average Bonchev–Trinajstić information content (AvgIpc) is 3.04. The van der Waals surface area contributed by atoms with E-state index in [1.165, 1.54) is 3.97 Å². The SMILES string of the molecule is Cc1ccc(S(=O)(=O)n2c(CP=O)c(-c3ccccc3)c3ccccc32)cc1. The standard InChI is InChI=1S/C22H18NO3PS/c1-16-11-13-18(14-12-16)28(25,26)23-20-10-6-5-9-19(20)22(21(23)15-27-24)17-7-3-2-4-8-17/h2-14H,15H2,1H3. The van der Waals surface area contributed by atoms with Crippen LogP contribution in [0.4, 0.5) is 0 Å². The van der Waals surface area contributed by atoms with Crippen molar-refractivity contribution in [3.8, 4) is 11.1 Å². The van der Waals surface area contributed by atoms with Crippen LogP contribution in [0.5, 0.6) is 0 Å². The molecule has 28 heavy (non-hydrogen) atoms. The van der Waals surface area contributed by atoms with Crippen molar-refractivity contribution in [3.05, 3.63) is 90.1 Å². The molecule has 1 aromatic heterocycles. The summed E-state index contributed by atoms with van der Waals surface area (Å²) in [6.07, 6.45) is 0.101. The number of para-hydroxylation sites is 1. The van der Waals surface area contributed by atoms with Crippen molar-refractivity contribution in [3.63, 3.8) is 0 Å². The van der Waals surface area contributed by atoms with E-state index in [2.05, 4.69) is 0 Å². The van der Waals surface area contributed by atoms with Crippen LogP contribution >= 0.6 is 8.46 Å². The predicted molar refractivity (Wildman–Crippen MR) is 112 cm³/mol. The Balaban J connectivity index is 2.10. The van der Waals surface area contributed by atoms with Crippen LogP contribution < -0.4 is 0 Å². The van der Waals surface area contributed by atoms with Crippen molar-refractivity contribution in [1.29, 1.82) is 0 Å². The summed E-state index contributed by atoms with van der Waals surface area (Å²) in [6, 6.07) is 23.8. The number of fused-ring (bicyclic) bond motifs is 1. The molecule has 4 rings (SSSR count). The van der Waals surface area contributed by atoms with Crippen LogP contribution in [-0.2, 0) is 20.8 Å². The van der Waals surface area contributed by atoms with Crippen LogP contribution in [0.3, 0.4) is 0 Å². The second kappa shape index (κ2) is 7.34. The van der Waals surface area contributed by atoms with Crippen molar-refractivity contribution in [2.45, 2.75) is 18.0 Å². The van der Waals surface area contributed by atoms with Crippen LogP contribution in [0.25, 0.3) is 22.0 Å². The molecular formula is C22H18NO3PS. The summed E-state index contributed by atoms with van der Waals surface area (Å²) >= 11 is 0. The average molecular weight is 407 g/mol. The highest BCUT2D eigenvalue weighted by atomic mass is 32.2. The van der Waals surface area contributed by atoms with Crippen LogP contribution in [0, 0.1) is 6.92 Å². The number of nitrogens with zero attached hydrogens (tertiary/aromatic N) is 1. The minimum absolute atomic E-state index is 0.101. The van der Waals surface area contributed by atoms with Crippen molar-refractivity contribution in [2.75, 3.05) is 0 Å². The Bertz CT molecular complexity index is 1260. The van der Waals surface area contributed by atoms with E-state index in [4.69, 9.17) is 0 Å². The molecule has 6 heteroatoms. The molecule has 0 aliphatic heterocycles. The van der Waals surface area contributed by atoms with Crippen molar-refractivity contribution >= 4 is 29.4 Å². The topological polar surface area (TPSA) is 56.1 Å². The third-order valence-electron chi connectivity index (χ3n) is 4.76. The molecule has 0 unspecified atom stereocenters. The zero-order valence-electron chi connectivity index (χ0n) is 15.2. The van der Waals surface area contributed by atoms with E-state index in [-0.39, 0.29) is 19.5 Å². The second-order valence-electron chi connectivity index (χ2n) is 6.57. The van der Waals surface area contributed by atoms with Crippen LogP contribution in [0.2, 0.25) is 0 Å². The molecule has 0 N–H and O–H groups in total. The molecule has 1 heterocycles. The molecule has 140 valence electrons. The van der Waals surface area contributed by atoms with E-state index in [1.54, 1.807) is 30.3 Å². The van der Waals surface area contributed by atoms with E-state index in [1.807, 2.05) is 55.5 Å². The Kier molecular flexibility index (Phi) is 4.88. The lowest BCUT2D eigenvalue weighted by molar-refractivity contribution is 0.587. The number of rotatable bonds is 5. The highest BCUT2D eigenvalue weighted by molar-refractivity contribution is 7.90. The molecule has 0 aliphatic carbocycles. The molecule has 0 aliphatic rings. The van der Waals surface area contributed by atoms with Crippen LogP contribution in [0.15, 0.2) is 83.8 Å². The fourth-order valence-electron chi connectivity index (χ4n) is 3.49. The van der Waals surface area contributed by atoms with Gasteiger partial charge in [0.05, 0.1) is 22.3 Å². The molecule has 0 spiro atoms. The summed E-state index contributed by atoms with van der Waals surface area (Å²) in [4.78, 5) is 0.210. The molecule has 0 atom stereocenters. The second-order valence-corrected chi connectivity index (χ2v) is 8.94. The minimum atomic E-state index is -3.85. The van der Waals surface area contributed by atoms with Gasteiger partial charge in [0, 0.05) is 10.9 Å². The van der Waals surface area contributed by atoms with Gasteiger partial charge in [-0.15, -0.1) is 0 Å². The quantitative estimate of drug-likeness (QED) is 0.402. The summed E-state index contributed by atoms with van der Waals surface area (Å²) in [6.45, 7) is 1.91. The van der Waals surface area contributed by atoms with Gasteiger partial charge in [-0.05, 0) is 30.7 Å². The Morgan fingerprint density at radius 2 is 1.50 bits per heavy atom. The lowest BCUT2D eigenvalue weighted by Crippen LogP contribution is -2.15. The number of hydrogen-bond acceptors (Lipinski definition) is 3. The van der Waals surface area contributed by atoms with Gasteiger partial charge in [0.2, 0.25) is 0 Å². The molecule has 4 nitrogen and oxygen atoms in total. The van der Waals surface area contributed by atoms with E-state index in [0.717, 1.165) is 22.1 Å². The molecule has 0 saturated heterocycles. The molecule has 0 radical (unpaired) electrons. The summed E-state index contributed by atoms with van der Waals surface area (Å²) < 4.78 is 40.0. The van der Waals surface area contributed by atoms with E-state index in [9.17, 15) is 13.0 Å². The first-order valence-corrected chi connectivity index (χ1v) is 11.3. The van der Waals surface area contributed by atoms with Gasteiger partial charge in [0.1, 0.15) is 0 Å². The highest BCUT2D eigenvalue weighted by Gasteiger charge is 2.27. The third kappa shape index (κ3) is 3.07. The number of aryl methyl sites for hydroxylation is 1. The molecule has 0 fully saturated rings. The normalized spacial score (nSPS) is 11.9. The molecular weight excluding hydrogens is 389 g/mol. The first kappa shape index (κ1) is 18.6. The van der Waals surface area contributed by atoms with E-state index < -0.39 is 10.0 Å². The van der Waals surface area contributed by atoms with E-state index >= 15 is 0 Å². The largest absolute Gasteiger partial charge is 0.275 e. The van der Waals surface area contributed by atoms with Gasteiger partial charge in [-0.3, -0.25) is 4.57 Å². The third-order valence-corrected chi connectivity index (χ3v) is 6.96. The lowest BCUT2D eigenvalue weighted by Gasteiger charge is -2.12. The van der Waals surface area contributed by atoms with Gasteiger partial charge in [0.25, 0.3) is 10.0 Å². The molecule has 0 bridgehead atoms. The highest BCUT2D eigenvalue weighted by Crippen LogP contribution is 2.38. The Labute approximate surface area is 165 Å². The summed E-state index contributed by atoms with van der Waals surface area (Å²) in [5.41, 5.74) is 3.79. The van der Waals surface area contributed by atoms with Gasteiger partial charge >= 0.3 is 0 Å². The lowest BCUT2D eigenvalue weighted by atomic mass is 10.0. The molecule has 4 aromatic rings. The molecule has 3 aromatic carbocycles. The van der Waals surface area contributed by atoms with E-state index in [0.29, 0.717) is 11.2 Å². The monoisotopic (exact) mass is 407 g/mol. The van der Waals surface area contributed by atoms with Gasteiger partial charge in [-0.2, -0.15) is 0 Å². The number of benzene rings is 3. The summed E-state index contributed by atoms with van der Waals surface area (Å²) in [5.74, 6) is 0. The Hall–Kier alpha value is -2.75. The maximum Gasteiger partial charge on any atom is 0.268 e. The van der Waals surface area contributed by atoms with Gasteiger partial charge in [-0.25, -0.2) is 12.4 Å². The Morgan fingerprint density at radius 1 is 0.857 bits per heavy atom. The molecule has 0 saturated carbocycles. The zero-order valence-corrected chi connectivity index (χ0v) is 17.0. The van der Waals surface area contributed by atoms with Crippen LogP contribution in [-0.4, -0.2) is 12.4 Å².